The molecule has 0 unspecified atom stereocenters. The van der Waals surface area contributed by atoms with Gasteiger partial charge in [0.1, 0.15) is 10.3 Å². The van der Waals surface area contributed by atoms with E-state index in [4.69, 9.17) is 70.7 Å². The van der Waals surface area contributed by atoms with Crippen molar-refractivity contribution in [2.24, 2.45) is 0 Å². The number of rotatable bonds is 9. The molecule has 0 radical (unpaired) electrons. The standard InChI is InChI=1S/C47H29N3.C32H19ClN2.C21H22BNO2.C14H11BO2.C4HCl3N2.CH4/c1-4-14-36-32(11-1)26-42(40-18-8-6-16-38(36)40)45-28-46(43-27-33-12-2-5-15-37(33)39-17-7-9-19-41(39)43)50-47(49-45)31-23-21-30(22-24-31)35-25-34-13-3-10-20-44(34)48-29-35;33-32-34-30(28-17-20-9-1-3-11-22(20)24-13-5-7-15-26(24)28)19-31(35-32)29-18-21-10-2-4-12-23(21)25-14-6-8-16-27(25)29;1-20(2)21(3,4)25-22(24-20)18-11-9-15(10-12-18)17-13-16-7-5-6-8-19(16)23-14-17;16-15(17)14-9-10-5-1-2-6-11(10)12-7-3-4-8-13(12)14;5-2-1-3(6)9-4(7)8-2;/h1-29H;1-19H;5-14H,1-4H3;1-9,16-17H;1H;1H4. The average molecular weight is 1860 g/mol. The zero-order valence-electron chi connectivity index (χ0n) is 74.2. The predicted molar refractivity (Wildman–Crippen MR) is 575 cm³/mol. The van der Waals surface area contributed by atoms with Crippen molar-refractivity contribution in [3.05, 3.63) is 434 Å². The SMILES string of the molecule is C.CC1(C)OB(c2ccc(-c3cnc4ccccc4c3)cc2)OC1(C)C.Clc1cc(Cl)nc(Cl)n1.Clc1nc(-c2cc3ccccc3c3ccccc23)cc(-c2cc3ccccc3c3ccccc23)n1.OB(O)c1cc2ccccc2c2ccccc12.c1ccc2ncc(-c3ccc(-c4nc(-c5cc6ccccc6c6ccccc56)cc(-c5cc6ccccc6c6ccccc56)n4)cc3)cc2c1. The van der Waals surface area contributed by atoms with E-state index in [9.17, 15) is 10.0 Å². The summed E-state index contributed by atoms with van der Waals surface area (Å²) in [5, 5.41) is 45.2. The van der Waals surface area contributed by atoms with Crippen LogP contribution in [0.2, 0.25) is 20.9 Å². The second-order valence-electron chi connectivity index (χ2n) is 34.6. The Labute approximate surface area is 812 Å². The molecule has 0 aliphatic carbocycles. The number of halogens is 4. The minimum absolute atomic E-state index is 0. The van der Waals surface area contributed by atoms with Crippen molar-refractivity contribution in [2.45, 2.75) is 46.3 Å². The van der Waals surface area contributed by atoms with Crippen molar-refractivity contribution in [3.8, 4) is 78.7 Å². The first kappa shape index (κ1) is 89.8. The number of benzene rings is 19. The maximum Gasteiger partial charge on any atom is 0.494 e. The predicted octanol–water partition coefficient (Wildman–Crippen LogP) is 30.3. The Morgan fingerprint density at radius 2 is 0.526 bits per heavy atom. The maximum absolute atomic E-state index is 9.44. The van der Waals surface area contributed by atoms with Gasteiger partial charge in [-0.25, -0.2) is 29.9 Å². The van der Waals surface area contributed by atoms with E-state index in [1.54, 1.807) is 0 Å². The number of fused-ring (bicyclic) bond motifs is 17. The summed E-state index contributed by atoms with van der Waals surface area (Å²) in [5.74, 6) is 0.690. The lowest BCUT2D eigenvalue weighted by Crippen LogP contribution is -2.41. The summed E-state index contributed by atoms with van der Waals surface area (Å²) in [6.45, 7) is 8.29. The molecule has 1 aliphatic rings. The first-order valence-electron chi connectivity index (χ1n) is 44.8. The highest BCUT2D eigenvalue weighted by Gasteiger charge is 2.51. The highest BCUT2D eigenvalue weighted by atomic mass is 35.5. The molecule has 0 spiro atoms. The monoisotopic (exact) mass is 1850 g/mol. The van der Waals surface area contributed by atoms with Gasteiger partial charge in [0, 0.05) is 68.2 Å². The zero-order chi connectivity index (χ0) is 92.7. The van der Waals surface area contributed by atoms with E-state index in [-0.39, 0.29) is 46.6 Å². The molecule has 0 amide bonds. The van der Waals surface area contributed by atoms with Crippen molar-refractivity contribution >= 4 is 201 Å². The van der Waals surface area contributed by atoms with Crippen LogP contribution in [-0.2, 0) is 9.31 Å². The lowest BCUT2D eigenvalue weighted by molar-refractivity contribution is 0.00578. The van der Waals surface area contributed by atoms with Crippen LogP contribution in [0.4, 0.5) is 0 Å². The molecule has 1 aliphatic heterocycles. The van der Waals surface area contributed by atoms with Gasteiger partial charge in [-0.2, -0.15) is 0 Å². The Bertz CT molecular complexity index is 8440. The first-order valence-corrected chi connectivity index (χ1v) is 46.3. The summed E-state index contributed by atoms with van der Waals surface area (Å²) >= 11 is 22.8. The quantitative estimate of drug-likeness (QED) is 0.0610. The molecule has 24 aromatic rings. The highest BCUT2D eigenvalue weighted by molar-refractivity contribution is 6.63. The first-order chi connectivity index (χ1) is 66.3. The Morgan fingerprint density at radius 1 is 0.255 bits per heavy atom. The molecule has 5 aromatic heterocycles. The van der Waals surface area contributed by atoms with Crippen LogP contribution in [0.15, 0.2) is 413 Å². The Balaban J connectivity index is 0.000000116. The van der Waals surface area contributed by atoms with Gasteiger partial charge >= 0.3 is 14.2 Å². The lowest BCUT2D eigenvalue weighted by atomic mass is 9.76. The van der Waals surface area contributed by atoms with Crippen LogP contribution in [0, 0.1) is 0 Å². The van der Waals surface area contributed by atoms with E-state index in [2.05, 4.69) is 362 Å². The number of nitrogens with zero attached hydrogens (tertiary/aromatic N) is 8. The van der Waals surface area contributed by atoms with Crippen molar-refractivity contribution in [2.75, 3.05) is 0 Å². The minimum Gasteiger partial charge on any atom is -0.423 e. The molecule has 2 N–H and O–H groups in total. The number of aromatic nitrogens is 8. The molecule has 0 bridgehead atoms. The third kappa shape index (κ3) is 18.3. The number of hydrogen-bond donors (Lipinski definition) is 2. The Kier molecular flexibility index (Phi) is 25.2. The normalized spacial score (nSPS) is 12.6. The maximum atomic E-state index is 9.44. The second kappa shape index (κ2) is 38.4. The molecular weight excluding hydrogens is 1770 g/mol. The smallest absolute Gasteiger partial charge is 0.423 e. The summed E-state index contributed by atoms with van der Waals surface area (Å²) in [6.07, 6.45) is 3.87. The van der Waals surface area contributed by atoms with E-state index in [1.165, 1.54) is 81.5 Å². The molecule has 137 heavy (non-hydrogen) atoms. The molecule has 6 heterocycles. The van der Waals surface area contributed by atoms with Crippen molar-refractivity contribution in [1.82, 2.24) is 39.9 Å². The van der Waals surface area contributed by atoms with Crippen LogP contribution in [0.5, 0.6) is 0 Å². The van der Waals surface area contributed by atoms with Gasteiger partial charge in [-0.3, -0.25) is 9.97 Å². The molecule has 25 rings (SSSR count). The fraction of sp³-hybridized carbons (Fsp3) is 0.0588. The van der Waals surface area contributed by atoms with Crippen LogP contribution < -0.4 is 10.9 Å². The van der Waals surface area contributed by atoms with Crippen molar-refractivity contribution in [1.29, 1.82) is 0 Å². The van der Waals surface area contributed by atoms with Crippen molar-refractivity contribution in [3.63, 3.8) is 0 Å². The molecule has 19 aromatic carbocycles. The van der Waals surface area contributed by atoms with Gasteiger partial charge in [-0.1, -0.05) is 364 Å². The topological polar surface area (TPSA) is 162 Å². The summed E-state index contributed by atoms with van der Waals surface area (Å²) in [6, 6.07) is 138. The Morgan fingerprint density at radius 3 is 0.869 bits per heavy atom. The second-order valence-corrected chi connectivity index (χ2v) is 36.1. The lowest BCUT2D eigenvalue weighted by Gasteiger charge is -2.32. The van der Waals surface area contributed by atoms with Crippen LogP contribution in [-0.4, -0.2) is 75.4 Å². The Hall–Kier alpha value is -15.0. The number of para-hydroxylation sites is 2. The summed E-state index contributed by atoms with van der Waals surface area (Å²) in [7, 11) is -1.77. The molecule has 12 nitrogen and oxygen atoms in total. The van der Waals surface area contributed by atoms with Crippen LogP contribution in [0.1, 0.15) is 35.1 Å². The van der Waals surface area contributed by atoms with Crippen LogP contribution in [0.3, 0.4) is 0 Å². The third-order valence-electron chi connectivity index (χ3n) is 25.7. The summed E-state index contributed by atoms with van der Waals surface area (Å²) in [4.78, 5) is 36.4. The van der Waals surface area contributed by atoms with E-state index < -0.39 is 7.12 Å². The summed E-state index contributed by atoms with van der Waals surface area (Å²) in [5.41, 5.74) is 16.1. The molecule has 18 heteroatoms. The number of hydrogen-bond acceptors (Lipinski definition) is 12. The van der Waals surface area contributed by atoms with Gasteiger partial charge in [0.05, 0.1) is 45.0 Å². The third-order valence-corrected chi connectivity index (χ3v) is 26.5. The van der Waals surface area contributed by atoms with E-state index in [1.807, 2.05) is 97.3 Å². The molecule has 0 saturated carbocycles. The molecule has 1 saturated heterocycles. The van der Waals surface area contributed by atoms with E-state index >= 15 is 0 Å². The van der Waals surface area contributed by atoms with Gasteiger partial charge in [-0.05, 0) is 241 Å². The van der Waals surface area contributed by atoms with Gasteiger partial charge in [0.25, 0.3) is 0 Å². The molecule has 0 atom stereocenters. The van der Waals surface area contributed by atoms with E-state index in [0.717, 1.165) is 132 Å². The van der Waals surface area contributed by atoms with Gasteiger partial charge in [0.2, 0.25) is 10.6 Å². The van der Waals surface area contributed by atoms with Gasteiger partial charge < -0.3 is 19.4 Å². The minimum atomic E-state index is -1.44. The molecular formula is C119H86B2Cl4N8O4. The van der Waals surface area contributed by atoms with Gasteiger partial charge in [0.15, 0.2) is 5.82 Å². The summed E-state index contributed by atoms with van der Waals surface area (Å²) < 4.78 is 12.2. The van der Waals surface area contributed by atoms with Crippen molar-refractivity contribution < 1.29 is 19.4 Å². The largest absolute Gasteiger partial charge is 0.494 e. The van der Waals surface area contributed by atoms with Crippen LogP contribution in [0.25, 0.3) is 208 Å². The highest BCUT2D eigenvalue weighted by Crippen LogP contribution is 2.44. The fourth-order valence-corrected chi connectivity index (χ4v) is 19.2. The average Bonchev–Trinajstić information content (AvgIpc) is 1.26. The van der Waals surface area contributed by atoms with E-state index in [0.29, 0.717) is 11.3 Å². The molecule has 660 valence electrons. The fourth-order valence-electron chi connectivity index (χ4n) is 18.4. The molecule has 1 fully saturated rings. The zero-order valence-corrected chi connectivity index (χ0v) is 77.2. The van der Waals surface area contributed by atoms with Gasteiger partial charge in [-0.15, -0.1) is 0 Å². The number of pyridine rings is 2. The van der Waals surface area contributed by atoms with Crippen LogP contribution >= 0.6 is 46.4 Å².